The van der Waals surface area contributed by atoms with Gasteiger partial charge in [0.2, 0.25) is 0 Å². The highest BCUT2D eigenvalue weighted by molar-refractivity contribution is 7.12. The number of thiophene rings is 1. The number of hydrogen-bond donors (Lipinski definition) is 1. The van der Waals surface area contributed by atoms with Gasteiger partial charge in [0.15, 0.2) is 5.65 Å². The summed E-state index contributed by atoms with van der Waals surface area (Å²) in [5.74, 6) is 1.01. The van der Waals surface area contributed by atoms with Crippen molar-refractivity contribution in [2.75, 3.05) is 6.54 Å². The zero-order valence-corrected chi connectivity index (χ0v) is 13.2. The predicted molar refractivity (Wildman–Crippen MR) is 86.8 cm³/mol. The first-order valence-corrected chi connectivity index (χ1v) is 8.20. The molecule has 0 aliphatic carbocycles. The van der Waals surface area contributed by atoms with Crippen molar-refractivity contribution in [2.24, 2.45) is 0 Å². The van der Waals surface area contributed by atoms with Crippen molar-refractivity contribution < 1.29 is 0 Å². The van der Waals surface area contributed by atoms with Crippen LogP contribution in [0.3, 0.4) is 0 Å². The number of pyridine rings is 1. The van der Waals surface area contributed by atoms with E-state index >= 15 is 0 Å². The van der Waals surface area contributed by atoms with Gasteiger partial charge in [0, 0.05) is 35.0 Å². The molecule has 5 heteroatoms. The maximum absolute atomic E-state index is 4.26. The Labute approximate surface area is 128 Å². The maximum Gasteiger partial charge on any atom is 0.160 e. The summed E-state index contributed by atoms with van der Waals surface area (Å²) in [6.45, 7) is 5.31. The van der Waals surface area contributed by atoms with Crippen LogP contribution in [0.25, 0.3) is 5.65 Å². The Balaban J connectivity index is 1.58. The summed E-state index contributed by atoms with van der Waals surface area (Å²) < 4.78 is 2.05. The van der Waals surface area contributed by atoms with E-state index in [1.807, 2.05) is 40.1 Å². The molecular weight excluding hydrogens is 280 g/mol. The molecular formula is C16H20N4S. The molecule has 3 heterocycles. The largest absolute Gasteiger partial charge is 0.309 e. The van der Waals surface area contributed by atoms with E-state index in [1.165, 1.54) is 9.75 Å². The first-order chi connectivity index (χ1) is 10.3. The fourth-order valence-electron chi connectivity index (χ4n) is 2.38. The van der Waals surface area contributed by atoms with E-state index in [0.717, 1.165) is 30.9 Å². The number of rotatable bonds is 6. The smallest absolute Gasteiger partial charge is 0.160 e. The van der Waals surface area contributed by atoms with Crippen LogP contribution in [0.5, 0.6) is 0 Å². The topological polar surface area (TPSA) is 42.2 Å². The molecule has 110 valence electrons. The van der Waals surface area contributed by atoms with E-state index in [4.69, 9.17) is 0 Å². The minimum absolute atomic E-state index is 0.384. The second-order valence-electron chi connectivity index (χ2n) is 5.13. The molecule has 1 N–H and O–H groups in total. The number of aromatic nitrogens is 3. The number of hydrogen-bond acceptors (Lipinski definition) is 4. The zero-order valence-electron chi connectivity index (χ0n) is 12.4. The molecule has 0 aliphatic rings. The second-order valence-corrected chi connectivity index (χ2v) is 6.33. The predicted octanol–water partition coefficient (Wildman–Crippen LogP) is 3.25. The number of fused-ring (bicyclic) bond motifs is 1. The molecule has 0 aliphatic heterocycles. The van der Waals surface area contributed by atoms with Crippen molar-refractivity contribution in [3.8, 4) is 0 Å². The Hall–Kier alpha value is -1.72. The van der Waals surface area contributed by atoms with Gasteiger partial charge in [0.1, 0.15) is 5.82 Å². The number of aryl methyl sites for hydroxylation is 1. The summed E-state index contributed by atoms with van der Waals surface area (Å²) >= 11 is 1.90. The highest BCUT2D eigenvalue weighted by Crippen LogP contribution is 2.23. The molecule has 1 unspecified atom stereocenters. The van der Waals surface area contributed by atoms with E-state index < -0.39 is 0 Å². The summed E-state index contributed by atoms with van der Waals surface area (Å²) in [5.41, 5.74) is 0.909. The van der Waals surface area contributed by atoms with Crippen molar-refractivity contribution in [1.29, 1.82) is 0 Å². The SMILES string of the molecule is CCc1ccc(C(C)NCCc2nnc3ccccn23)s1. The molecule has 21 heavy (non-hydrogen) atoms. The zero-order chi connectivity index (χ0) is 14.7. The minimum Gasteiger partial charge on any atom is -0.309 e. The van der Waals surface area contributed by atoms with Gasteiger partial charge in [-0.3, -0.25) is 4.40 Å². The van der Waals surface area contributed by atoms with Crippen molar-refractivity contribution >= 4 is 17.0 Å². The lowest BCUT2D eigenvalue weighted by Gasteiger charge is -2.11. The van der Waals surface area contributed by atoms with Crippen LogP contribution in [0.15, 0.2) is 36.5 Å². The summed E-state index contributed by atoms with van der Waals surface area (Å²) in [6, 6.07) is 10.8. The van der Waals surface area contributed by atoms with Gasteiger partial charge < -0.3 is 5.32 Å². The fourth-order valence-corrected chi connectivity index (χ4v) is 3.36. The number of nitrogens with one attached hydrogen (secondary N) is 1. The van der Waals surface area contributed by atoms with Gasteiger partial charge in [0.25, 0.3) is 0 Å². The third-order valence-electron chi connectivity index (χ3n) is 3.64. The Kier molecular flexibility index (Phi) is 4.31. The summed E-state index contributed by atoms with van der Waals surface area (Å²) in [4.78, 5) is 2.85. The van der Waals surface area contributed by atoms with Crippen LogP contribution in [0.2, 0.25) is 0 Å². The molecule has 0 amide bonds. The van der Waals surface area contributed by atoms with Crippen LogP contribution in [-0.4, -0.2) is 21.1 Å². The highest BCUT2D eigenvalue weighted by Gasteiger charge is 2.09. The van der Waals surface area contributed by atoms with Crippen LogP contribution in [0.1, 0.15) is 35.5 Å². The van der Waals surface area contributed by atoms with E-state index in [-0.39, 0.29) is 0 Å². The normalized spacial score (nSPS) is 12.9. The number of nitrogens with zero attached hydrogens (tertiary/aromatic N) is 3. The Morgan fingerprint density at radius 2 is 2.14 bits per heavy atom. The van der Waals surface area contributed by atoms with Gasteiger partial charge in [-0.05, 0) is 37.6 Å². The molecule has 0 saturated heterocycles. The van der Waals surface area contributed by atoms with Crippen molar-refractivity contribution in [1.82, 2.24) is 19.9 Å². The van der Waals surface area contributed by atoms with E-state index in [0.29, 0.717) is 6.04 Å². The van der Waals surface area contributed by atoms with Crippen LogP contribution in [0, 0.1) is 0 Å². The lowest BCUT2D eigenvalue weighted by molar-refractivity contribution is 0.576. The third kappa shape index (κ3) is 3.14. The van der Waals surface area contributed by atoms with Gasteiger partial charge in [-0.25, -0.2) is 0 Å². The van der Waals surface area contributed by atoms with E-state index in [1.54, 1.807) is 0 Å². The van der Waals surface area contributed by atoms with Gasteiger partial charge >= 0.3 is 0 Å². The minimum atomic E-state index is 0.384. The van der Waals surface area contributed by atoms with E-state index in [9.17, 15) is 0 Å². The monoisotopic (exact) mass is 300 g/mol. The van der Waals surface area contributed by atoms with Gasteiger partial charge in [-0.1, -0.05) is 13.0 Å². The Morgan fingerprint density at radius 1 is 1.24 bits per heavy atom. The standard InChI is InChI=1S/C16H20N4S/c1-3-13-7-8-14(21-13)12(2)17-10-9-16-19-18-15-6-4-5-11-20(15)16/h4-8,11-12,17H,3,9-10H2,1-2H3. The lowest BCUT2D eigenvalue weighted by Crippen LogP contribution is -2.21. The molecule has 0 bridgehead atoms. The van der Waals surface area contributed by atoms with Gasteiger partial charge in [0.05, 0.1) is 0 Å². The maximum atomic E-state index is 4.26. The quantitative estimate of drug-likeness (QED) is 0.760. The van der Waals surface area contributed by atoms with Crippen LogP contribution in [-0.2, 0) is 12.8 Å². The fraction of sp³-hybridized carbons (Fsp3) is 0.375. The van der Waals surface area contributed by atoms with Crippen molar-refractivity contribution in [3.05, 3.63) is 52.1 Å². The van der Waals surface area contributed by atoms with Gasteiger partial charge in [-0.15, -0.1) is 21.5 Å². The molecule has 3 aromatic heterocycles. The van der Waals surface area contributed by atoms with Crippen LogP contribution < -0.4 is 5.32 Å². The molecule has 3 rings (SSSR count). The van der Waals surface area contributed by atoms with E-state index in [2.05, 4.69) is 41.5 Å². The lowest BCUT2D eigenvalue weighted by atomic mass is 10.2. The first kappa shape index (κ1) is 14.2. The molecule has 3 aromatic rings. The third-order valence-corrected chi connectivity index (χ3v) is 5.05. The molecule has 0 fully saturated rings. The highest BCUT2D eigenvalue weighted by atomic mass is 32.1. The molecule has 0 aromatic carbocycles. The average Bonchev–Trinajstić information content (AvgIpc) is 3.14. The first-order valence-electron chi connectivity index (χ1n) is 7.38. The summed E-state index contributed by atoms with van der Waals surface area (Å²) in [6.07, 6.45) is 4.01. The summed E-state index contributed by atoms with van der Waals surface area (Å²) in [7, 11) is 0. The molecule has 1 atom stereocenters. The Bertz CT molecular complexity index is 716. The van der Waals surface area contributed by atoms with Crippen LogP contribution >= 0.6 is 11.3 Å². The van der Waals surface area contributed by atoms with Crippen molar-refractivity contribution in [3.63, 3.8) is 0 Å². The van der Waals surface area contributed by atoms with Crippen LogP contribution in [0.4, 0.5) is 0 Å². The molecule has 0 radical (unpaired) electrons. The molecule has 0 spiro atoms. The second kappa shape index (κ2) is 6.37. The summed E-state index contributed by atoms with van der Waals surface area (Å²) in [5, 5.41) is 12.0. The Morgan fingerprint density at radius 3 is 2.95 bits per heavy atom. The average molecular weight is 300 g/mol. The van der Waals surface area contributed by atoms with Crippen molar-refractivity contribution in [2.45, 2.75) is 32.7 Å². The van der Waals surface area contributed by atoms with Gasteiger partial charge in [-0.2, -0.15) is 0 Å². The molecule has 4 nitrogen and oxygen atoms in total. The molecule has 0 saturated carbocycles.